The van der Waals surface area contributed by atoms with E-state index in [4.69, 9.17) is 4.74 Å². The van der Waals surface area contributed by atoms with Crippen LogP contribution >= 0.6 is 0 Å². The smallest absolute Gasteiger partial charge is 0.122 e. The molecule has 0 amide bonds. The Morgan fingerprint density at radius 1 is 1.26 bits per heavy atom. The summed E-state index contributed by atoms with van der Waals surface area (Å²) in [6.45, 7) is 6.39. The number of ether oxygens (including phenoxy) is 1. The lowest BCUT2D eigenvalue weighted by atomic mass is 10.2. The number of hydrogen-bond donors (Lipinski definition) is 1. The maximum absolute atomic E-state index is 9.32. The van der Waals surface area contributed by atoms with Gasteiger partial charge in [-0.2, -0.15) is 5.10 Å². The van der Waals surface area contributed by atoms with E-state index in [0.717, 1.165) is 34.1 Å². The van der Waals surface area contributed by atoms with E-state index in [1.54, 1.807) is 7.11 Å². The minimum absolute atomic E-state index is 0.0161. The molecule has 2 aromatic rings. The highest BCUT2D eigenvalue weighted by atomic mass is 16.5. The summed E-state index contributed by atoms with van der Waals surface area (Å²) in [5, 5.41) is 13.8. The van der Waals surface area contributed by atoms with Crippen molar-refractivity contribution in [2.75, 3.05) is 7.11 Å². The second kappa shape index (κ2) is 5.40. The number of pyridine rings is 1. The Morgan fingerprint density at radius 3 is 2.58 bits per heavy atom. The number of aromatic nitrogens is 3. The molecule has 2 heterocycles. The van der Waals surface area contributed by atoms with Crippen LogP contribution in [0.15, 0.2) is 12.1 Å². The molecule has 102 valence electrons. The molecule has 5 nitrogen and oxygen atoms in total. The summed E-state index contributed by atoms with van der Waals surface area (Å²) in [4.78, 5) is 4.48. The van der Waals surface area contributed by atoms with Gasteiger partial charge in [-0.3, -0.25) is 9.67 Å². The van der Waals surface area contributed by atoms with E-state index in [1.165, 1.54) is 0 Å². The van der Waals surface area contributed by atoms with E-state index >= 15 is 0 Å². The van der Waals surface area contributed by atoms with Gasteiger partial charge in [0.25, 0.3) is 0 Å². The van der Waals surface area contributed by atoms with E-state index < -0.39 is 0 Å². The molecule has 0 aliphatic carbocycles. The van der Waals surface area contributed by atoms with E-state index in [1.807, 2.05) is 37.6 Å². The molecule has 0 aliphatic rings. The Balaban J connectivity index is 2.33. The van der Waals surface area contributed by atoms with Crippen LogP contribution in [-0.4, -0.2) is 27.0 Å². The Labute approximate surface area is 112 Å². The molecule has 19 heavy (non-hydrogen) atoms. The quantitative estimate of drug-likeness (QED) is 0.911. The van der Waals surface area contributed by atoms with Crippen molar-refractivity contribution in [3.63, 3.8) is 0 Å². The van der Waals surface area contributed by atoms with Crippen molar-refractivity contribution < 1.29 is 9.84 Å². The molecule has 1 N–H and O–H groups in total. The number of methoxy groups -OCH3 is 1. The van der Waals surface area contributed by atoms with Gasteiger partial charge in [0.2, 0.25) is 0 Å². The van der Waals surface area contributed by atoms with Crippen LogP contribution in [-0.2, 0) is 13.2 Å². The molecule has 0 spiro atoms. The number of aryl methyl sites for hydroxylation is 2. The van der Waals surface area contributed by atoms with Crippen LogP contribution in [0.25, 0.3) is 0 Å². The first-order chi connectivity index (χ1) is 9.05. The largest absolute Gasteiger partial charge is 0.497 e. The number of aliphatic hydroxyl groups excluding tert-OH is 1. The molecule has 2 aromatic heterocycles. The Kier molecular flexibility index (Phi) is 3.85. The molecule has 5 heteroatoms. The Morgan fingerprint density at radius 2 is 2.00 bits per heavy atom. The standard InChI is InChI=1S/C14H19N3O2/c1-9-5-13(19-4)6-12(15-9)7-17-11(3)14(8-18)10(2)16-17/h5-6,18H,7-8H2,1-4H3. The first-order valence-electron chi connectivity index (χ1n) is 6.20. The summed E-state index contributed by atoms with van der Waals surface area (Å²) in [6, 6.07) is 3.80. The van der Waals surface area contributed by atoms with Crippen molar-refractivity contribution >= 4 is 0 Å². The highest BCUT2D eigenvalue weighted by molar-refractivity contribution is 5.28. The molecule has 0 atom stereocenters. The summed E-state index contributed by atoms with van der Waals surface area (Å²) < 4.78 is 7.11. The first-order valence-corrected chi connectivity index (χ1v) is 6.20. The van der Waals surface area contributed by atoms with Gasteiger partial charge in [-0.25, -0.2) is 0 Å². The molecule has 2 rings (SSSR count). The van der Waals surface area contributed by atoms with Gasteiger partial charge in [-0.1, -0.05) is 0 Å². The Bertz CT molecular complexity index is 591. The van der Waals surface area contributed by atoms with Crippen molar-refractivity contribution in [3.8, 4) is 5.75 Å². The van der Waals surface area contributed by atoms with Crippen LogP contribution in [0.1, 0.15) is 28.3 Å². The monoisotopic (exact) mass is 261 g/mol. The summed E-state index contributed by atoms with van der Waals surface area (Å²) in [5.74, 6) is 0.798. The zero-order valence-electron chi connectivity index (χ0n) is 11.8. The van der Waals surface area contributed by atoms with Crippen molar-refractivity contribution in [3.05, 3.63) is 40.5 Å². The minimum Gasteiger partial charge on any atom is -0.497 e. The third-order valence-corrected chi connectivity index (χ3v) is 3.22. The maximum Gasteiger partial charge on any atom is 0.122 e. The van der Waals surface area contributed by atoms with Crippen molar-refractivity contribution in [1.29, 1.82) is 0 Å². The summed E-state index contributed by atoms with van der Waals surface area (Å²) in [7, 11) is 1.64. The predicted octanol–water partition coefficient (Wildman–Crippen LogP) is 1.75. The second-order valence-electron chi connectivity index (χ2n) is 4.60. The van der Waals surface area contributed by atoms with Crippen LogP contribution in [0.3, 0.4) is 0 Å². The molecule has 0 unspecified atom stereocenters. The van der Waals surface area contributed by atoms with Crippen molar-refractivity contribution in [2.24, 2.45) is 0 Å². The summed E-state index contributed by atoms with van der Waals surface area (Å²) in [6.07, 6.45) is 0. The molecule has 0 fully saturated rings. The van der Waals surface area contributed by atoms with Gasteiger partial charge >= 0.3 is 0 Å². The summed E-state index contributed by atoms with van der Waals surface area (Å²) in [5.41, 5.74) is 4.53. The van der Waals surface area contributed by atoms with Crippen LogP contribution in [0.2, 0.25) is 0 Å². The second-order valence-corrected chi connectivity index (χ2v) is 4.60. The average Bonchev–Trinajstić information content (AvgIpc) is 2.63. The van der Waals surface area contributed by atoms with E-state index in [2.05, 4.69) is 10.1 Å². The normalized spacial score (nSPS) is 10.8. The summed E-state index contributed by atoms with van der Waals surface area (Å²) >= 11 is 0. The van der Waals surface area contributed by atoms with E-state index in [9.17, 15) is 5.11 Å². The first kappa shape index (κ1) is 13.5. The van der Waals surface area contributed by atoms with E-state index in [-0.39, 0.29) is 6.61 Å². The number of hydrogen-bond acceptors (Lipinski definition) is 4. The fourth-order valence-electron chi connectivity index (χ4n) is 2.17. The average molecular weight is 261 g/mol. The Hall–Kier alpha value is -1.88. The van der Waals surface area contributed by atoms with E-state index in [0.29, 0.717) is 6.54 Å². The van der Waals surface area contributed by atoms with Crippen LogP contribution in [0, 0.1) is 20.8 Å². The van der Waals surface area contributed by atoms with Crippen molar-refractivity contribution in [1.82, 2.24) is 14.8 Å². The SMILES string of the molecule is COc1cc(C)nc(Cn2nc(C)c(CO)c2C)c1. The zero-order valence-corrected chi connectivity index (χ0v) is 11.8. The molecule has 0 saturated carbocycles. The lowest BCUT2D eigenvalue weighted by Gasteiger charge is -2.08. The molecular formula is C14H19N3O2. The molecular weight excluding hydrogens is 242 g/mol. The number of rotatable bonds is 4. The minimum atomic E-state index is 0.0161. The number of aliphatic hydroxyl groups is 1. The van der Waals surface area contributed by atoms with Gasteiger partial charge in [0.1, 0.15) is 5.75 Å². The third-order valence-electron chi connectivity index (χ3n) is 3.22. The van der Waals surface area contributed by atoms with Gasteiger partial charge in [0, 0.05) is 29.1 Å². The molecule has 0 saturated heterocycles. The molecule has 0 bridgehead atoms. The third kappa shape index (κ3) is 2.76. The van der Waals surface area contributed by atoms with Gasteiger partial charge < -0.3 is 9.84 Å². The van der Waals surface area contributed by atoms with Gasteiger partial charge in [0.05, 0.1) is 31.6 Å². The molecule has 0 aliphatic heterocycles. The predicted molar refractivity (Wildman–Crippen MR) is 72.3 cm³/mol. The van der Waals surface area contributed by atoms with Gasteiger partial charge in [-0.15, -0.1) is 0 Å². The highest BCUT2D eigenvalue weighted by Gasteiger charge is 2.11. The van der Waals surface area contributed by atoms with Gasteiger partial charge in [0.15, 0.2) is 0 Å². The van der Waals surface area contributed by atoms with Crippen LogP contribution in [0.4, 0.5) is 0 Å². The molecule has 0 aromatic carbocycles. The zero-order chi connectivity index (χ0) is 14.0. The highest BCUT2D eigenvalue weighted by Crippen LogP contribution is 2.17. The van der Waals surface area contributed by atoms with Crippen molar-refractivity contribution in [2.45, 2.75) is 33.9 Å². The molecule has 0 radical (unpaired) electrons. The van der Waals surface area contributed by atoms with Crippen LogP contribution < -0.4 is 4.74 Å². The lowest BCUT2D eigenvalue weighted by Crippen LogP contribution is -2.07. The topological polar surface area (TPSA) is 60.2 Å². The number of nitrogens with zero attached hydrogens (tertiary/aromatic N) is 3. The fourth-order valence-corrected chi connectivity index (χ4v) is 2.17. The maximum atomic E-state index is 9.32. The fraction of sp³-hybridized carbons (Fsp3) is 0.429. The van der Waals surface area contributed by atoms with Gasteiger partial charge in [-0.05, 0) is 20.8 Å². The van der Waals surface area contributed by atoms with Crippen LogP contribution in [0.5, 0.6) is 5.75 Å². The lowest BCUT2D eigenvalue weighted by molar-refractivity contribution is 0.280.